The summed E-state index contributed by atoms with van der Waals surface area (Å²) < 4.78 is 31.7. The van der Waals surface area contributed by atoms with Gasteiger partial charge in [-0.15, -0.1) is 0 Å². The smallest absolute Gasteiger partial charge is 0.319 e. The summed E-state index contributed by atoms with van der Waals surface area (Å²) in [6.07, 6.45) is 0.508. The lowest BCUT2D eigenvalue weighted by molar-refractivity contribution is -0.154. The van der Waals surface area contributed by atoms with Gasteiger partial charge in [-0.25, -0.2) is 13.6 Å². The molecule has 1 aromatic rings. The summed E-state index contributed by atoms with van der Waals surface area (Å²) in [5, 5.41) is 4.50. The van der Waals surface area contributed by atoms with Crippen molar-refractivity contribution in [3.63, 3.8) is 0 Å². The van der Waals surface area contributed by atoms with Gasteiger partial charge < -0.3 is 15.4 Å². The summed E-state index contributed by atoms with van der Waals surface area (Å²) in [7, 11) is 0. The maximum absolute atomic E-state index is 13.3. The van der Waals surface area contributed by atoms with Gasteiger partial charge >= 0.3 is 12.0 Å². The van der Waals surface area contributed by atoms with Crippen molar-refractivity contribution in [2.24, 2.45) is 0 Å². The standard InChI is InChI=1S/C15H20F2N2O3/c1-15(2,3)22-12(20)8-5-9-18-14(21)19-13-10(16)6-4-7-11(13)17/h4,6-7H,5,8-9H2,1-3H3,(H2,18,19,21). The van der Waals surface area contributed by atoms with Crippen molar-refractivity contribution in [3.05, 3.63) is 29.8 Å². The van der Waals surface area contributed by atoms with Crippen LogP contribution in [0.4, 0.5) is 19.3 Å². The molecule has 0 aromatic heterocycles. The van der Waals surface area contributed by atoms with Crippen LogP contribution in [0.2, 0.25) is 0 Å². The number of halogens is 2. The van der Waals surface area contributed by atoms with Gasteiger partial charge in [0.05, 0.1) is 0 Å². The highest BCUT2D eigenvalue weighted by Gasteiger charge is 2.16. The molecule has 5 nitrogen and oxygen atoms in total. The molecular formula is C15H20F2N2O3. The van der Waals surface area contributed by atoms with Crippen LogP contribution in [0.25, 0.3) is 0 Å². The Hall–Kier alpha value is -2.18. The number of ether oxygens (including phenoxy) is 1. The molecule has 1 rings (SSSR count). The van der Waals surface area contributed by atoms with Crippen LogP contribution in [0, 0.1) is 11.6 Å². The van der Waals surface area contributed by atoms with Crippen LogP contribution < -0.4 is 10.6 Å². The number of carbonyl (C=O) groups excluding carboxylic acids is 2. The Morgan fingerprint density at radius 2 is 1.77 bits per heavy atom. The van der Waals surface area contributed by atoms with Gasteiger partial charge in [-0.05, 0) is 39.3 Å². The average Bonchev–Trinajstić information content (AvgIpc) is 2.37. The lowest BCUT2D eigenvalue weighted by Crippen LogP contribution is -2.31. The molecule has 0 bridgehead atoms. The van der Waals surface area contributed by atoms with E-state index in [1.807, 2.05) is 0 Å². The van der Waals surface area contributed by atoms with E-state index in [-0.39, 0.29) is 18.9 Å². The number of anilines is 1. The zero-order valence-electron chi connectivity index (χ0n) is 12.8. The third-order valence-corrected chi connectivity index (χ3v) is 2.46. The molecule has 0 aliphatic rings. The molecule has 2 N–H and O–H groups in total. The fourth-order valence-electron chi connectivity index (χ4n) is 1.60. The van der Waals surface area contributed by atoms with Crippen LogP contribution in [-0.2, 0) is 9.53 Å². The first-order chi connectivity index (χ1) is 10.2. The second kappa shape index (κ2) is 7.72. The zero-order valence-corrected chi connectivity index (χ0v) is 12.8. The highest BCUT2D eigenvalue weighted by atomic mass is 19.1. The fourth-order valence-corrected chi connectivity index (χ4v) is 1.60. The average molecular weight is 314 g/mol. The molecule has 0 atom stereocenters. The number of carbonyl (C=O) groups is 2. The summed E-state index contributed by atoms with van der Waals surface area (Å²) in [5.74, 6) is -2.08. The van der Waals surface area contributed by atoms with E-state index in [1.165, 1.54) is 6.07 Å². The van der Waals surface area contributed by atoms with E-state index < -0.39 is 29.0 Å². The first-order valence-electron chi connectivity index (χ1n) is 6.90. The van der Waals surface area contributed by atoms with Gasteiger partial charge in [0.1, 0.15) is 22.9 Å². The van der Waals surface area contributed by atoms with Gasteiger partial charge in [-0.2, -0.15) is 0 Å². The van der Waals surface area contributed by atoms with Crippen LogP contribution in [0.3, 0.4) is 0 Å². The Bertz CT molecular complexity index is 522. The van der Waals surface area contributed by atoms with Crippen molar-refractivity contribution in [2.45, 2.75) is 39.2 Å². The minimum Gasteiger partial charge on any atom is -0.460 e. The number of hydrogen-bond acceptors (Lipinski definition) is 3. The monoisotopic (exact) mass is 314 g/mol. The van der Waals surface area contributed by atoms with E-state index in [2.05, 4.69) is 10.6 Å². The number of benzene rings is 1. The third-order valence-electron chi connectivity index (χ3n) is 2.46. The number of urea groups is 1. The molecule has 0 spiro atoms. The Morgan fingerprint density at radius 3 is 2.32 bits per heavy atom. The first kappa shape index (κ1) is 17.9. The maximum Gasteiger partial charge on any atom is 0.319 e. The van der Waals surface area contributed by atoms with Crippen LogP contribution in [-0.4, -0.2) is 24.1 Å². The van der Waals surface area contributed by atoms with Crippen LogP contribution in [0.5, 0.6) is 0 Å². The highest BCUT2D eigenvalue weighted by Crippen LogP contribution is 2.17. The van der Waals surface area contributed by atoms with Gasteiger partial charge in [0, 0.05) is 13.0 Å². The lowest BCUT2D eigenvalue weighted by atomic mass is 10.2. The van der Waals surface area contributed by atoms with Gasteiger partial charge in [0.15, 0.2) is 0 Å². The molecule has 0 aliphatic heterocycles. The minimum absolute atomic E-state index is 0.144. The normalized spacial score (nSPS) is 11.0. The molecule has 0 aliphatic carbocycles. The van der Waals surface area contributed by atoms with E-state index in [9.17, 15) is 18.4 Å². The molecule has 122 valence electrons. The van der Waals surface area contributed by atoms with Crippen molar-refractivity contribution in [2.75, 3.05) is 11.9 Å². The van der Waals surface area contributed by atoms with E-state index in [0.29, 0.717) is 6.42 Å². The number of amides is 2. The maximum atomic E-state index is 13.3. The molecule has 22 heavy (non-hydrogen) atoms. The fraction of sp³-hybridized carbons (Fsp3) is 0.467. The molecular weight excluding hydrogens is 294 g/mol. The lowest BCUT2D eigenvalue weighted by Gasteiger charge is -2.19. The second-order valence-corrected chi connectivity index (χ2v) is 5.67. The predicted octanol–water partition coefficient (Wildman–Crippen LogP) is 3.21. The van der Waals surface area contributed by atoms with Crippen LogP contribution in [0.1, 0.15) is 33.6 Å². The van der Waals surface area contributed by atoms with Crippen molar-refractivity contribution in [3.8, 4) is 0 Å². The third kappa shape index (κ3) is 6.51. The zero-order chi connectivity index (χ0) is 16.8. The van der Waals surface area contributed by atoms with Gasteiger partial charge in [-0.3, -0.25) is 4.79 Å². The first-order valence-corrected chi connectivity index (χ1v) is 6.90. The van der Waals surface area contributed by atoms with Gasteiger partial charge in [0.25, 0.3) is 0 Å². The Balaban J connectivity index is 2.31. The molecule has 1 aromatic carbocycles. The molecule has 0 heterocycles. The van der Waals surface area contributed by atoms with E-state index in [0.717, 1.165) is 12.1 Å². The Morgan fingerprint density at radius 1 is 1.18 bits per heavy atom. The Labute approximate surface area is 128 Å². The van der Waals surface area contributed by atoms with Crippen molar-refractivity contribution >= 4 is 17.7 Å². The van der Waals surface area contributed by atoms with E-state index in [4.69, 9.17) is 4.74 Å². The van der Waals surface area contributed by atoms with Gasteiger partial charge in [0.2, 0.25) is 0 Å². The number of esters is 1. The van der Waals surface area contributed by atoms with E-state index >= 15 is 0 Å². The molecule has 0 unspecified atom stereocenters. The van der Waals surface area contributed by atoms with Crippen molar-refractivity contribution < 1.29 is 23.1 Å². The summed E-state index contributed by atoms with van der Waals surface area (Å²) in [6.45, 7) is 5.47. The predicted molar refractivity (Wildman–Crippen MR) is 78.5 cm³/mol. The minimum atomic E-state index is -0.857. The SMILES string of the molecule is CC(C)(C)OC(=O)CCCNC(=O)Nc1c(F)cccc1F. The van der Waals surface area contributed by atoms with Crippen LogP contribution >= 0.6 is 0 Å². The molecule has 0 saturated heterocycles. The number of nitrogens with one attached hydrogen (secondary N) is 2. The summed E-state index contributed by atoms with van der Waals surface area (Å²) in [5.41, 5.74) is -1.06. The summed E-state index contributed by atoms with van der Waals surface area (Å²) in [4.78, 5) is 23.0. The van der Waals surface area contributed by atoms with Gasteiger partial charge in [-0.1, -0.05) is 6.07 Å². The van der Waals surface area contributed by atoms with Crippen LogP contribution in [0.15, 0.2) is 18.2 Å². The summed E-state index contributed by atoms with van der Waals surface area (Å²) >= 11 is 0. The molecule has 0 fully saturated rings. The highest BCUT2D eigenvalue weighted by molar-refractivity contribution is 5.89. The number of rotatable bonds is 5. The van der Waals surface area contributed by atoms with Crippen molar-refractivity contribution in [1.29, 1.82) is 0 Å². The quantitative estimate of drug-likeness (QED) is 0.648. The molecule has 7 heteroatoms. The largest absolute Gasteiger partial charge is 0.460 e. The second-order valence-electron chi connectivity index (χ2n) is 5.67. The summed E-state index contributed by atoms with van der Waals surface area (Å²) in [6, 6.07) is 2.55. The Kier molecular flexibility index (Phi) is 6.27. The molecule has 0 saturated carbocycles. The topological polar surface area (TPSA) is 67.4 Å². The molecule has 2 amide bonds. The number of para-hydroxylation sites is 1. The molecule has 0 radical (unpaired) electrons. The van der Waals surface area contributed by atoms with Crippen molar-refractivity contribution in [1.82, 2.24) is 5.32 Å². The number of hydrogen-bond donors (Lipinski definition) is 2. The van der Waals surface area contributed by atoms with E-state index in [1.54, 1.807) is 20.8 Å².